The monoisotopic (exact) mass is 586 g/mol. The van der Waals surface area contributed by atoms with Gasteiger partial charge in [-0.15, -0.1) is 0 Å². The van der Waals surface area contributed by atoms with Crippen LogP contribution in [0.5, 0.6) is 0 Å². The minimum absolute atomic E-state index is 0.145. The van der Waals surface area contributed by atoms with Gasteiger partial charge in [-0.3, -0.25) is 0 Å². The first kappa shape index (κ1) is 25.6. The first-order valence-corrected chi connectivity index (χ1v) is 16.1. The molecule has 8 aromatic carbocycles. The highest BCUT2D eigenvalue weighted by atomic mass is 16.3. The molecule has 216 valence electrons. The van der Waals surface area contributed by atoms with E-state index in [2.05, 4.69) is 159 Å². The Labute approximate surface area is 267 Å². The zero-order valence-electron chi connectivity index (χ0n) is 25.8. The summed E-state index contributed by atoms with van der Waals surface area (Å²) >= 11 is 0. The van der Waals surface area contributed by atoms with Gasteiger partial charge in [-0.25, -0.2) is 0 Å². The lowest BCUT2D eigenvalue weighted by molar-refractivity contribution is 0.661. The lowest BCUT2D eigenvalue weighted by Crippen LogP contribution is -2.15. The maximum absolute atomic E-state index is 6.42. The van der Waals surface area contributed by atoms with Crippen LogP contribution in [0.3, 0.4) is 0 Å². The van der Waals surface area contributed by atoms with Crippen LogP contribution in [0.1, 0.15) is 25.0 Å². The molecular formula is C45H30O. The number of fused-ring (bicyclic) bond motifs is 9. The molecule has 1 heterocycles. The van der Waals surface area contributed by atoms with Gasteiger partial charge in [0.15, 0.2) is 0 Å². The van der Waals surface area contributed by atoms with Crippen molar-refractivity contribution in [2.45, 2.75) is 19.3 Å². The molecule has 9 aromatic rings. The lowest BCUT2D eigenvalue weighted by atomic mass is 9.80. The van der Waals surface area contributed by atoms with Crippen LogP contribution in [0.25, 0.3) is 87.6 Å². The molecule has 0 spiro atoms. The number of rotatable bonds is 2. The summed E-state index contributed by atoms with van der Waals surface area (Å²) in [7, 11) is 0. The maximum atomic E-state index is 6.42. The predicted molar refractivity (Wildman–Crippen MR) is 195 cm³/mol. The summed E-state index contributed by atoms with van der Waals surface area (Å²) in [6.45, 7) is 4.76. The Kier molecular flexibility index (Phi) is 5.12. The SMILES string of the molecule is CC1(C)c2cc(-c3cccc4oc5cc6ccccc6cc5c34)ccc2-c2cc3cccc(-c4ccc5ccccc5c4)c3cc21. The molecule has 1 heteroatoms. The van der Waals surface area contributed by atoms with Gasteiger partial charge < -0.3 is 4.42 Å². The fourth-order valence-electron chi connectivity index (χ4n) is 8.03. The molecule has 1 aromatic heterocycles. The van der Waals surface area contributed by atoms with E-state index < -0.39 is 0 Å². The second-order valence-electron chi connectivity index (χ2n) is 13.3. The molecule has 0 saturated carbocycles. The van der Waals surface area contributed by atoms with E-state index in [4.69, 9.17) is 4.42 Å². The highest BCUT2D eigenvalue weighted by molar-refractivity contribution is 6.15. The number of furan rings is 1. The Morgan fingerprint density at radius 1 is 0.391 bits per heavy atom. The van der Waals surface area contributed by atoms with Crippen LogP contribution in [0.4, 0.5) is 0 Å². The first-order valence-electron chi connectivity index (χ1n) is 16.1. The molecule has 1 aliphatic rings. The van der Waals surface area contributed by atoms with Crippen molar-refractivity contribution in [3.05, 3.63) is 157 Å². The third-order valence-electron chi connectivity index (χ3n) is 10.4. The Hall–Kier alpha value is -5.66. The van der Waals surface area contributed by atoms with E-state index in [-0.39, 0.29) is 5.41 Å². The smallest absolute Gasteiger partial charge is 0.136 e. The second kappa shape index (κ2) is 9.19. The molecule has 10 rings (SSSR count). The number of hydrogen-bond acceptors (Lipinski definition) is 1. The summed E-state index contributed by atoms with van der Waals surface area (Å²) in [5.41, 5.74) is 12.1. The van der Waals surface area contributed by atoms with Gasteiger partial charge in [0, 0.05) is 16.2 Å². The van der Waals surface area contributed by atoms with Crippen molar-refractivity contribution in [1.29, 1.82) is 0 Å². The topological polar surface area (TPSA) is 13.1 Å². The highest BCUT2D eigenvalue weighted by Crippen LogP contribution is 2.52. The van der Waals surface area contributed by atoms with Crippen molar-refractivity contribution in [1.82, 2.24) is 0 Å². The molecule has 0 radical (unpaired) electrons. The van der Waals surface area contributed by atoms with Gasteiger partial charge in [-0.1, -0.05) is 117 Å². The van der Waals surface area contributed by atoms with Crippen LogP contribution in [0, 0.1) is 0 Å². The Bertz CT molecular complexity index is 2720. The minimum atomic E-state index is -0.145. The van der Waals surface area contributed by atoms with Crippen LogP contribution in [0.15, 0.2) is 150 Å². The summed E-state index contributed by atoms with van der Waals surface area (Å²) in [5, 5.41) is 9.90. The summed E-state index contributed by atoms with van der Waals surface area (Å²) < 4.78 is 6.42. The van der Waals surface area contributed by atoms with Gasteiger partial charge in [0.2, 0.25) is 0 Å². The molecule has 0 aliphatic heterocycles. The highest BCUT2D eigenvalue weighted by Gasteiger charge is 2.36. The molecule has 0 atom stereocenters. The third-order valence-corrected chi connectivity index (χ3v) is 10.4. The largest absolute Gasteiger partial charge is 0.456 e. The molecule has 1 nitrogen and oxygen atoms in total. The molecule has 0 saturated heterocycles. The predicted octanol–water partition coefficient (Wildman–Crippen LogP) is 12.7. The quantitative estimate of drug-likeness (QED) is 0.196. The molecular weight excluding hydrogens is 556 g/mol. The van der Waals surface area contributed by atoms with Crippen LogP contribution in [-0.2, 0) is 5.41 Å². The van der Waals surface area contributed by atoms with Crippen LogP contribution < -0.4 is 0 Å². The number of hydrogen-bond donors (Lipinski definition) is 0. The van der Waals surface area contributed by atoms with E-state index in [9.17, 15) is 0 Å². The second-order valence-corrected chi connectivity index (χ2v) is 13.3. The first-order chi connectivity index (χ1) is 22.5. The fraction of sp³-hybridized carbons (Fsp3) is 0.0667. The average molecular weight is 587 g/mol. The van der Waals surface area contributed by atoms with Crippen molar-refractivity contribution in [3.8, 4) is 33.4 Å². The molecule has 0 bridgehead atoms. The van der Waals surface area contributed by atoms with Crippen LogP contribution in [0.2, 0.25) is 0 Å². The molecule has 0 amide bonds. The lowest BCUT2D eigenvalue weighted by Gasteiger charge is -2.23. The van der Waals surface area contributed by atoms with E-state index in [1.807, 2.05) is 0 Å². The standard InChI is InChI=1S/C45H30O/c1-45(2)40-24-33(35-15-8-16-42-44(35)39-22-29-11-5-6-12-30(29)25-43(39)46-42)19-20-36(40)38-23-31-13-7-14-34(37(31)26-41(38)45)32-18-17-27-9-3-4-10-28(27)21-32/h3-26H,1-2H3. The number of benzene rings is 8. The van der Waals surface area contributed by atoms with Gasteiger partial charge in [0.05, 0.1) is 0 Å². The third kappa shape index (κ3) is 3.57. The van der Waals surface area contributed by atoms with Crippen molar-refractivity contribution in [3.63, 3.8) is 0 Å². The summed E-state index contributed by atoms with van der Waals surface area (Å²) in [4.78, 5) is 0. The molecule has 0 fully saturated rings. The van der Waals surface area contributed by atoms with Crippen LogP contribution >= 0.6 is 0 Å². The minimum Gasteiger partial charge on any atom is -0.456 e. The van der Waals surface area contributed by atoms with E-state index in [1.54, 1.807) is 0 Å². The zero-order chi connectivity index (χ0) is 30.6. The van der Waals surface area contributed by atoms with Crippen LogP contribution in [-0.4, -0.2) is 0 Å². The van der Waals surface area contributed by atoms with Gasteiger partial charge >= 0.3 is 0 Å². The summed E-state index contributed by atoms with van der Waals surface area (Å²) in [6, 6.07) is 53.5. The Morgan fingerprint density at radius 3 is 1.89 bits per heavy atom. The maximum Gasteiger partial charge on any atom is 0.136 e. The molecule has 0 N–H and O–H groups in total. The Balaban J connectivity index is 1.14. The van der Waals surface area contributed by atoms with Gasteiger partial charge in [-0.2, -0.15) is 0 Å². The van der Waals surface area contributed by atoms with Crippen molar-refractivity contribution in [2.75, 3.05) is 0 Å². The summed E-state index contributed by atoms with van der Waals surface area (Å²) in [5.74, 6) is 0. The molecule has 46 heavy (non-hydrogen) atoms. The van der Waals surface area contributed by atoms with E-state index in [1.165, 1.54) is 87.6 Å². The normalized spacial score (nSPS) is 13.6. The Morgan fingerprint density at radius 2 is 1.04 bits per heavy atom. The van der Waals surface area contributed by atoms with Crippen molar-refractivity contribution < 1.29 is 4.42 Å². The van der Waals surface area contributed by atoms with Gasteiger partial charge in [0.25, 0.3) is 0 Å². The van der Waals surface area contributed by atoms with Gasteiger partial charge in [-0.05, 0) is 119 Å². The van der Waals surface area contributed by atoms with E-state index in [0.29, 0.717) is 0 Å². The molecule has 1 aliphatic carbocycles. The summed E-state index contributed by atoms with van der Waals surface area (Å²) in [6.07, 6.45) is 0. The zero-order valence-corrected chi connectivity index (χ0v) is 25.8. The van der Waals surface area contributed by atoms with Crippen molar-refractivity contribution >= 4 is 54.3 Å². The van der Waals surface area contributed by atoms with E-state index >= 15 is 0 Å². The van der Waals surface area contributed by atoms with Gasteiger partial charge in [0.1, 0.15) is 11.2 Å². The average Bonchev–Trinajstić information content (AvgIpc) is 3.56. The molecule has 0 unspecified atom stereocenters. The van der Waals surface area contributed by atoms with Crippen molar-refractivity contribution in [2.24, 2.45) is 0 Å². The fourth-order valence-corrected chi connectivity index (χ4v) is 8.03. The van der Waals surface area contributed by atoms with E-state index in [0.717, 1.165) is 11.2 Å².